The SMILES string of the molecule is CCN(S)C(=O)NC1CCCc2ccccc21. The standard InChI is InChI=1S/C13H18N2OS/c1-2-15(17)13(16)14-12-9-5-7-10-6-3-4-8-11(10)12/h3-4,6,8,12,17H,2,5,7,9H2,1H3,(H,14,16). The Balaban J connectivity index is 2.11. The lowest BCUT2D eigenvalue weighted by molar-refractivity contribution is 0.222. The molecule has 2 rings (SSSR count). The number of rotatable bonds is 2. The third kappa shape index (κ3) is 2.75. The molecule has 0 saturated heterocycles. The van der Waals surface area contributed by atoms with Crippen LogP contribution in [-0.4, -0.2) is 16.9 Å². The van der Waals surface area contributed by atoms with Crippen molar-refractivity contribution in [3.8, 4) is 0 Å². The molecule has 0 radical (unpaired) electrons. The van der Waals surface area contributed by atoms with Crippen LogP contribution in [0.2, 0.25) is 0 Å². The average molecular weight is 250 g/mol. The number of hydrogen-bond donors (Lipinski definition) is 2. The summed E-state index contributed by atoms with van der Waals surface area (Å²) in [5.74, 6) is 0. The molecular weight excluding hydrogens is 232 g/mol. The summed E-state index contributed by atoms with van der Waals surface area (Å²) in [6, 6.07) is 8.35. The van der Waals surface area contributed by atoms with Crippen molar-refractivity contribution in [1.29, 1.82) is 0 Å². The first-order valence-electron chi connectivity index (χ1n) is 6.07. The molecule has 1 atom stereocenters. The van der Waals surface area contributed by atoms with Gasteiger partial charge in [0, 0.05) is 6.54 Å². The molecule has 1 aromatic rings. The van der Waals surface area contributed by atoms with Crippen LogP contribution >= 0.6 is 12.8 Å². The lowest BCUT2D eigenvalue weighted by Gasteiger charge is -2.27. The number of aryl methyl sites for hydroxylation is 1. The minimum Gasteiger partial charge on any atom is -0.330 e. The van der Waals surface area contributed by atoms with Crippen molar-refractivity contribution >= 4 is 18.8 Å². The molecule has 1 unspecified atom stereocenters. The Hall–Kier alpha value is -1.16. The Labute approximate surface area is 108 Å². The second-order valence-electron chi connectivity index (χ2n) is 4.31. The van der Waals surface area contributed by atoms with E-state index in [0.29, 0.717) is 6.54 Å². The summed E-state index contributed by atoms with van der Waals surface area (Å²) in [5.41, 5.74) is 2.61. The van der Waals surface area contributed by atoms with Gasteiger partial charge in [-0.3, -0.25) is 4.31 Å². The van der Waals surface area contributed by atoms with Crippen molar-refractivity contribution in [3.63, 3.8) is 0 Å². The highest BCUT2D eigenvalue weighted by Gasteiger charge is 2.22. The number of thiol groups is 1. The van der Waals surface area contributed by atoms with Crippen LogP contribution in [0.4, 0.5) is 4.79 Å². The number of amides is 2. The summed E-state index contributed by atoms with van der Waals surface area (Å²) >= 11 is 4.12. The summed E-state index contributed by atoms with van der Waals surface area (Å²) in [6.07, 6.45) is 3.25. The number of nitrogens with one attached hydrogen (secondary N) is 1. The number of carbonyl (C=O) groups is 1. The molecule has 3 nitrogen and oxygen atoms in total. The summed E-state index contributed by atoms with van der Waals surface area (Å²) < 4.78 is 1.40. The van der Waals surface area contributed by atoms with E-state index in [4.69, 9.17) is 0 Å². The third-order valence-corrected chi connectivity index (χ3v) is 3.67. The van der Waals surface area contributed by atoms with Crippen LogP contribution in [0.5, 0.6) is 0 Å². The molecule has 0 saturated carbocycles. The Morgan fingerprint density at radius 1 is 1.53 bits per heavy atom. The molecule has 0 aliphatic heterocycles. The molecule has 1 aromatic carbocycles. The summed E-state index contributed by atoms with van der Waals surface area (Å²) in [7, 11) is 0. The van der Waals surface area contributed by atoms with Crippen LogP contribution in [-0.2, 0) is 6.42 Å². The average Bonchev–Trinajstić information content (AvgIpc) is 2.38. The lowest BCUT2D eigenvalue weighted by Crippen LogP contribution is -2.37. The fourth-order valence-electron chi connectivity index (χ4n) is 2.27. The molecule has 17 heavy (non-hydrogen) atoms. The molecule has 0 bridgehead atoms. The predicted molar refractivity (Wildman–Crippen MR) is 72.0 cm³/mol. The fourth-order valence-corrected chi connectivity index (χ4v) is 2.33. The zero-order valence-electron chi connectivity index (χ0n) is 10.0. The van der Waals surface area contributed by atoms with Crippen molar-refractivity contribution in [2.75, 3.05) is 6.54 Å². The van der Waals surface area contributed by atoms with Crippen molar-refractivity contribution in [1.82, 2.24) is 9.62 Å². The minimum atomic E-state index is -0.113. The molecule has 1 aliphatic carbocycles. The number of benzene rings is 1. The van der Waals surface area contributed by atoms with Gasteiger partial charge < -0.3 is 5.32 Å². The van der Waals surface area contributed by atoms with Gasteiger partial charge in [0.1, 0.15) is 0 Å². The molecule has 0 aromatic heterocycles. The first-order valence-corrected chi connectivity index (χ1v) is 6.47. The van der Waals surface area contributed by atoms with E-state index in [1.807, 2.05) is 13.0 Å². The van der Waals surface area contributed by atoms with Gasteiger partial charge in [-0.05, 0) is 37.3 Å². The second kappa shape index (κ2) is 5.45. The van der Waals surface area contributed by atoms with Gasteiger partial charge in [0.25, 0.3) is 0 Å². The van der Waals surface area contributed by atoms with Gasteiger partial charge in [0.05, 0.1) is 6.04 Å². The topological polar surface area (TPSA) is 32.3 Å². The van der Waals surface area contributed by atoms with E-state index in [0.717, 1.165) is 19.3 Å². The minimum absolute atomic E-state index is 0.113. The van der Waals surface area contributed by atoms with Gasteiger partial charge in [-0.25, -0.2) is 4.79 Å². The second-order valence-corrected chi connectivity index (χ2v) is 4.79. The first-order chi connectivity index (χ1) is 8.22. The summed E-state index contributed by atoms with van der Waals surface area (Å²) in [6.45, 7) is 2.50. The maximum Gasteiger partial charge on any atom is 0.327 e. The maximum atomic E-state index is 11.8. The highest BCUT2D eigenvalue weighted by Crippen LogP contribution is 2.29. The highest BCUT2D eigenvalue weighted by molar-refractivity contribution is 7.78. The molecule has 0 heterocycles. The van der Waals surface area contributed by atoms with Crippen LogP contribution in [0.25, 0.3) is 0 Å². The maximum absolute atomic E-state index is 11.8. The molecule has 0 spiro atoms. The zero-order chi connectivity index (χ0) is 12.3. The Bertz CT molecular complexity index is 408. The third-order valence-electron chi connectivity index (χ3n) is 3.20. The Morgan fingerprint density at radius 3 is 3.06 bits per heavy atom. The van der Waals surface area contributed by atoms with Gasteiger partial charge >= 0.3 is 6.03 Å². The largest absolute Gasteiger partial charge is 0.330 e. The van der Waals surface area contributed by atoms with Crippen LogP contribution in [0.15, 0.2) is 24.3 Å². The molecule has 0 fully saturated rings. The van der Waals surface area contributed by atoms with Crippen LogP contribution in [0, 0.1) is 0 Å². The molecule has 1 N–H and O–H groups in total. The van der Waals surface area contributed by atoms with E-state index in [1.165, 1.54) is 15.4 Å². The molecule has 2 amide bonds. The molecule has 4 heteroatoms. The number of urea groups is 1. The predicted octanol–water partition coefficient (Wildman–Crippen LogP) is 2.94. The van der Waals surface area contributed by atoms with Crippen molar-refractivity contribution in [2.45, 2.75) is 32.2 Å². The number of nitrogens with zero attached hydrogens (tertiary/aromatic N) is 1. The molecular formula is C13H18N2OS. The monoisotopic (exact) mass is 250 g/mol. The van der Waals surface area contributed by atoms with Crippen LogP contribution < -0.4 is 5.32 Å². The summed E-state index contributed by atoms with van der Waals surface area (Å²) in [4.78, 5) is 11.8. The normalized spacial score (nSPS) is 18.4. The van der Waals surface area contributed by atoms with E-state index in [-0.39, 0.29) is 12.1 Å². The number of fused-ring (bicyclic) bond motifs is 1. The van der Waals surface area contributed by atoms with Gasteiger partial charge in [-0.1, -0.05) is 37.1 Å². The van der Waals surface area contributed by atoms with Crippen molar-refractivity contribution < 1.29 is 4.79 Å². The van der Waals surface area contributed by atoms with Crippen molar-refractivity contribution in [3.05, 3.63) is 35.4 Å². The smallest absolute Gasteiger partial charge is 0.327 e. The quantitative estimate of drug-likeness (QED) is 0.777. The Kier molecular flexibility index (Phi) is 3.94. The van der Waals surface area contributed by atoms with E-state index < -0.39 is 0 Å². The lowest BCUT2D eigenvalue weighted by atomic mass is 9.88. The van der Waals surface area contributed by atoms with E-state index in [2.05, 4.69) is 36.3 Å². The number of hydrogen-bond acceptors (Lipinski definition) is 2. The van der Waals surface area contributed by atoms with E-state index >= 15 is 0 Å². The van der Waals surface area contributed by atoms with Crippen LogP contribution in [0.3, 0.4) is 0 Å². The number of carbonyl (C=O) groups excluding carboxylic acids is 1. The Morgan fingerprint density at radius 2 is 2.29 bits per heavy atom. The molecule has 92 valence electrons. The first kappa shape index (κ1) is 12.3. The van der Waals surface area contributed by atoms with Gasteiger partial charge in [-0.15, -0.1) is 0 Å². The highest BCUT2D eigenvalue weighted by atomic mass is 32.1. The van der Waals surface area contributed by atoms with Gasteiger partial charge in [-0.2, -0.15) is 0 Å². The zero-order valence-corrected chi connectivity index (χ0v) is 10.9. The van der Waals surface area contributed by atoms with E-state index in [9.17, 15) is 4.79 Å². The van der Waals surface area contributed by atoms with Gasteiger partial charge in [0.15, 0.2) is 0 Å². The van der Waals surface area contributed by atoms with Crippen LogP contribution in [0.1, 0.15) is 36.9 Å². The molecule has 1 aliphatic rings. The van der Waals surface area contributed by atoms with E-state index in [1.54, 1.807) is 0 Å². The fraction of sp³-hybridized carbons (Fsp3) is 0.462. The van der Waals surface area contributed by atoms with Gasteiger partial charge in [0.2, 0.25) is 0 Å². The summed E-state index contributed by atoms with van der Waals surface area (Å²) in [5, 5.41) is 3.04. The van der Waals surface area contributed by atoms with Crippen molar-refractivity contribution in [2.24, 2.45) is 0 Å².